The Hall–Kier alpha value is -1.89. The largest absolute Gasteiger partial charge is 0.373 e. The molecule has 0 saturated heterocycles. The third-order valence-corrected chi connectivity index (χ3v) is 3.00. The van der Waals surface area contributed by atoms with Crippen LogP contribution >= 0.6 is 11.8 Å². The molecule has 0 unspecified atom stereocenters. The first-order valence-electron chi connectivity index (χ1n) is 5.03. The summed E-state index contributed by atoms with van der Waals surface area (Å²) in [5.74, 6) is -1.09. The summed E-state index contributed by atoms with van der Waals surface area (Å²) in [6.45, 7) is 0. The van der Waals surface area contributed by atoms with E-state index < -0.39 is 11.6 Å². The van der Waals surface area contributed by atoms with Gasteiger partial charge in [0.2, 0.25) is 5.95 Å². The second kappa shape index (κ2) is 5.18. The van der Waals surface area contributed by atoms with E-state index in [2.05, 4.69) is 15.3 Å². The summed E-state index contributed by atoms with van der Waals surface area (Å²) in [4.78, 5) is 8.47. The zero-order valence-electron chi connectivity index (χ0n) is 9.45. The molecule has 0 spiro atoms. The number of halogens is 2. The van der Waals surface area contributed by atoms with Gasteiger partial charge in [0.05, 0.1) is 0 Å². The first-order valence-corrected chi connectivity index (χ1v) is 5.85. The maximum atomic E-state index is 13.0. The molecule has 2 aromatic rings. The number of hydrogen-bond acceptors (Lipinski definition) is 5. The lowest BCUT2D eigenvalue weighted by atomic mass is 10.3. The summed E-state index contributed by atoms with van der Waals surface area (Å²) in [5, 5.41) is 3.39. The molecule has 0 bridgehead atoms. The van der Waals surface area contributed by atoms with Crippen LogP contribution in [0.1, 0.15) is 0 Å². The van der Waals surface area contributed by atoms with Crippen LogP contribution in [0, 0.1) is 11.6 Å². The summed E-state index contributed by atoms with van der Waals surface area (Å²) >= 11 is 1.18. The fourth-order valence-electron chi connectivity index (χ4n) is 1.28. The predicted molar refractivity (Wildman–Crippen MR) is 66.5 cm³/mol. The van der Waals surface area contributed by atoms with Crippen molar-refractivity contribution in [2.75, 3.05) is 18.1 Å². The fourth-order valence-corrected chi connectivity index (χ4v) is 2.13. The smallest absolute Gasteiger partial charge is 0.223 e. The van der Waals surface area contributed by atoms with Gasteiger partial charge in [-0.05, 0) is 18.2 Å². The lowest BCUT2D eigenvalue weighted by molar-refractivity contribution is 0.506. The average molecular weight is 268 g/mol. The minimum absolute atomic E-state index is 0.118. The van der Waals surface area contributed by atoms with Crippen LogP contribution in [-0.2, 0) is 0 Å². The summed E-state index contributed by atoms with van der Waals surface area (Å²) in [5.41, 5.74) is 5.53. The van der Waals surface area contributed by atoms with Crippen molar-refractivity contribution in [2.45, 2.75) is 9.92 Å². The maximum Gasteiger partial charge on any atom is 0.223 e. The highest BCUT2D eigenvalue weighted by Gasteiger charge is 2.07. The predicted octanol–water partition coefficient (Wildman–Crippen LogP) is 2.53. The molecule has 1 aromatic carbocycles. The van der Waals surface area contributed by atoms with Crippen LogP contribution in [0.3, 0.4) is 0 Å². The zero-order chi connectivity index (χ0) is 13.1. The quantitative estimate of drug-likeness (QED) is 0.837. The first kappa shape index (κ1) is 12.6. The van der Waals surface area contributed by atoms with E-state index in [-0.39, 0.29) is 5.95 Å². The van der Waals surface area contributed by atoms with Gasteiger partial charge in [0.15, 0.2) is 11.6 Å². The fraction of sp³-hybridized carbons (Fsp3) is 0.0909. The van der Waals surface area contributed by atoms with Crippen LogP contribution in [-0.4, -0.2) is 17.0 Å². The molecule has 0 aliphatic rings. The topological polar surface area (TPSA) is 63.8 Å². The van der Waals surface area contributed by atoms with Gasteiger partial charge < -0.3 is 11.1 Å². The summed E-state index contributed by atoms with van der Waals surface area (Å²) in [7, 11) is 1.70. The molecule has 3 N–H and O–H groups in total. The monoisotopic (exact) mass is 268 g/mol. The van der Waals surface area contributed by atoms with Gasteiger partial charge >= 0.3 is 0 Å². The van der Waals surface area contributed by atoms with Crippen molar-refractivity contribution in [1.82, 2.24) is 9.97 Å². The average Bonchev–Trinajstić information content (AvgIpc) is 2.33. The van der Waals surface area contributed by atoms with Gasteiger partial charge in [0.25, 0.3) is 0 Å². The number of anilines is 2. The zero-order valence-corrected chi connectivity index (χ0v) is 10.3. The second-order valence-electron chi connectivity index (χ2n) is 3.38. The lowest BCUT2D eigenvalue weighted by Crippen LogP contribution is -2.00. The molecular formula is C11H10F2N4S. The number of aromatic nitrogens is 2. The number of benzene rings is 1. The Morgan fingerprint density at radius 3 is 2.61 bits per heavy atom. The molecule has 4 nitrogen and oxygen atoms in total. The lowest BCUT2D eigenvalue weighted by Gasteiger charge is -2.05. The van der Waals surface area contributed by atoms with Crippen LogP contribution in [0.25, 0.3) is 0 Å². The van der Waals surface area contributed by atoms with Gasteiger partial charge in [-0.3, -0.25) is 0 Å². The van der Waals surface area contributed by atoms with Crippen molar-refractivity contribution in [3.8, 4) is 0 Å². The highest BCUT2D eigenvalue weighted by Crippen LogP contribution is 2.28. The van der Waals surface area contributed by atoms with Gasteiger partial charge in [-0.25, -0.2) is 13.8 Å². The second-order valence-corrected chi connectivity index (χ2v) is 4.47. The molecule has 0 radical (unpaired) electrons. The maximum absolute atomic E-state index is 13.0. The molecule has 18 heavy (non-hydrogen) atoms. The summed E-state index contributed by atoms with van der Waals surface area (Å²) in [6.07, 6.45) is 0. The third-order valence-electron chi connectivity index (χ3n) is 2.09. The van der Waals surface area contributed by atoms with Crippen LogP contribution in [0.4, 0.5) is 20.5 Å². The highest BCUT2D eigenvalue weighted by atomic mass is 32.2. The van der Waals surface area contributed by atoms with Crippen LogP contribution in [0.5, 0.6) is 0 Å². The molecule has 0 atom stereocenters. The van der Waals surface area contributed by atoms with Gasteiger partial charge in [-0.1, -0.05) is 11.8 Å². The molecule has 0 aliphatic carbocycles. The van der Waals surface area contributed by atoms with E-state index in [1.165, 1.54) is 17.8 Å². The Morgan fingerprint density at radius 2 is 1.94 bits per heavy atom. The Morgan fingerprint density at radius 1 is 1.17 bits per heavy atom. The van der Waals surface area contributed by atoms with E-state index in [0.29, 0.717) is 15.7 Å². The Bertz CT molecular complexity index is 577. The molecular weight excluding hydrogens is 258 g/mol. The minimum atomic E-state index is -0.893. The van der Waals surface area contributed by atoms with Crippen molar-refractivity contribution < 1.29 is 8.78 Å². The van der Waals surface area contributed by atoms with Gasteiger partial charge in [0.1, 0.15) is 10.8 Å². The van der Waals surface area contributed by atoms with Crippen molar-refractivity contribution in [1.29, 1.82) is 0 Å². The van der Waals surface area contributed by atoms with Crippen molar-refractivity contribution in [3.63, 3.8) is 0 Å². The highest BCUT2D eigenvalue weighted by molar-refractivity contribution is 7.99. The molecule has 0 saturated carbocycles. The first-order chi connectivity index (χ1) is 8.58. The number of nitrogen functional groups attached to an aromatic ring is 1. The van der Waals surface area contributed by atoms with Gasteiger partial charge in [0, 0.05) is 18.0 Å². The standard InChI is InChI=1S/C11H10F2N4S/c1-15-9-5-10(17-11(14)16-9)18-6-2-3-7(12)8(13)4-6/h2-5H,1H3,(H3,14,15,16,17). The molecule has 7 heteroatoms. The van der Waals surface area contributed by atoms with Crippen LogP contribution in [0.2, 0.25) is 0 Å². The molecule has 0 aliphatic heterocycles. The van der Waals surface area contributed by atoms with Crippen molar-refractivity contribution in [2.24, 2.45) is 0 Å². The SMILES string of the molecule is CNc1cc(Sc2ccc(F)c(F)c2)nc(N)n1. The van der Waals surface area contributed by atoms with Crippen LogP contribution < -0.4 is 11.1 Å². The Labute approximate surface area is 107 Å². The van der Waals surface area contributed by atoms with E-state index in [9.17, 15) is 8.78 Å². The van der Waals surface area contributed by atoms with Crippen molar-refractivity contribution >= 4 is 23.5 Å². The third kappa shape index (κ3) is 2.86. The Kier molecular flexibility index (Phi) is 3.61. The number of hydrogen-bond donors (Lipinski definition) is 2. The molecule has 1 aromatic heterocycles. The molecule has 2 rings (SSSR count). The summed E-state index contributed by atoms with van der Waals surface area (Å²) in [6, 6.07) is 5.32. The molecule has 1 heterocycles. The molecule has 0 fully saturated rings. The van der Waals surface area contributed by atoms with Crippen LogP contribution in [0.15, 0.2) is 34.2 Å². The Balaban J connectivity index is 2.27. The molecule has 94 valence electrons. The number of nitrogens with two attached hydrogens (primary N) is 1. The van der Waals surface area contributed by atoms with E-state index in [1.807, 2.05) is 0 Å². The van der Waals surface area contributed by atoms with Gasteiger partial charge in [-0.15, -0.1) is 0 Å². The van der Waals surface area contributed by atoms with Gasteiger partial charge in [-0.2, -0.15) is 4.98 Å². The van der Waals surface area contributed by atoms with E-state index in [1.54, 1.807) is 13.1 Å². The molecule has 0 amide bonds. The minimum Gasteiger partial charge on any atom is -0.373 e. The van der Waals surface area contributed by atoms with E-state index in [4.69, 9.17) is 5.73 Å². The summed E-state index contributed by atoms with van der Waals surface area (Å²) < 4.78 is 25.8. The van der Waals surface area contributed by atoms with E-state index in [0.717, 1.165) is 12.1 Å². The number of nitrogens with one attached hydrogen (secondary N) is 1. The number of rotatable bonds is 3. The van der Waals surface area contributed by atoms with E-state index >= 15 is 0 Å². The normalized spacial score (nSPS) is 10.4. The number of nitrogens with zero attached hydrogens (tertiary/aromatic N) is 2. The van der Waals surface area contributed by atoms with Crippen molar-refractivity contribution in [3.05, 3.63) is 35.9 Å².